The van der Waals surface area contributed by atoms with Gasteiger partial charge in [0.1, 0.15) is 0 Å². The molecule has 4 nitrogen and oxygen atoms in total. The number of nitrogens with zero attached hydrogens (tertiary/aromatic N) is 2. The minimum absolute atomic E-state index is 0.315. The van der Waals surface area contributed by atoms with Crippen LogP contribution >= 0.6 is 0 Å². The molecule has 0 aromatic carbocycles. The van der Waals surface area contributed by atoms with Crippen molar-refractivity contribution in [2.75, 3.05) is 30.8 Å². The number of rotatable bonds is 3. The zero-order valence-electron chi connectivity index (χ0n) is 10.6. The molecule has 1 aliphatic heterocycles. The number of aromatic nitrogens is 1. The first-order chi connectivity index (χ1) is 8.18. The second-order valence-corrected chi connectivity index (χ2v) is 4.73. The summed E-state index contributed by atoms with van der Waals surface area (Å²) in [5.41, 5.74) is 7.89. The molecule has 4 heteroatoms. The average Bonchev–Trinajstić information content (AvgIpc) is 2.34. The summed E-state index contributed by atoms with van der Waals surface area (Å²) in [4.78, 5) is 6.45. The van der Waals surface area contributed by atoms with E-state index in [0.717, 1.165) is 36.6 Å². The molecule has 0 spiro atoms. The molecule has 0 amide bonds. The normalized spacial score (nSPS) is 20.2. The molecule has 94 valence electrons. The molecule has 17 heavy (non-hydrogen) atoms. The summed E-state index contributed by atoms with van der Waals surface area (Å²) >= 11 is 0. The van der Waals surface area contributed by atoms with Crippen molar-refractivity contribution >= 4 is 11.5 Å². The highest BCUT2D eigenvalue weighted by Crippen LogP contribution is 2.23. The van der Waals surface area contributed by atoms with Gasteiger partial charge in [0.25, 0.3) is 0 Å². The maximum absolute atomic E-state index is 6.04. The van der Waals surface area contributed by atoms with E-state index in [1.165, 1.54) is 12.8 Å². The van der Waals surface area contributed by atoms with Crippen molar-refractivity contribution < 1.29 is 4.74 Å². The van der Waals surface area contributed by atoms with Crippen molar-refractivity contribution in [1.29, 1.82) is 0 Å². The van der Waals surface area contributed by atoms with Gasteiger partial charge in [-0.25, -0.2) is 4.98 Å². The van der Waals surface area contributed by atoms with E-state index in [9.17, 15) is 0 Å². The van der Waals surface area contributed by atoms with Crippen LogP contribution in [0.25, 0.3) is 0 Å². The highest BCUT2D eigenvalue weighted by molar-refractivity contribution is 5.66. The Bertz CT molecular complexity index is 375. The van der Waals surface area contributed by atoms with Gasteiger partial charge in [0.05, 0.1) is 11.8 Å². The van der Waals surface area contributed by atoms with Crippen molar-refractivity contribution in [3.63, 3.8) is 0 Å². The molecule has 1 saturated heterocycles. The molecule has 1 fully saturated rings. The standard InChI is InChI=1S/C13H21N3O/c1-10-6-7-15-13(12(10)14)16(2)9-11-5-3-4-8-17-11/h6-7,11H,3-5,8-9,14H2,1-2H3. The van der Waals surface area contributed by atoms with Crippen molar-refractivity contribution in [2.45, 2.75) is 32.3 Å². The third kappa shape index (κ3) is 2.88. The molecule has 0 radical (unpaired) electrons. The van der Waals surface area contributed by atoms with E-state index in [-0.39, 0.29) is 0 Å². The third-order valence-electron chi connectivity index (χ3n) is 3.30. The van der Waals surface area contributed by atoms with Crippen LogP contribution < -0.4 is 10.6 Å². The lowest BCUT2D eigenvalue weighted by Crippen LogP contribution is -2.34. The lowest BCUT2D eigenvalue weighted by atomic mass is 10.1. The minimum atomic E-state index is 0.315. The summed E-state index contributed by atoms with van der Waals surface area (Å²) in [6, 6.07) is 1.93. The molecule has 2 heterocycles. The molecule has 1 aliphatic rings. The second-order valence-electron chi connectivity index (χ2n) is 4.73. The van der Waals surface area contributed by atoms with Crippen LogP contribution in [0.2, 0.25) is 0 Å². The molecule has 1 unspecified atom stereocenters. The third-order valence-corrected chi connectivity index (χ3v) is 3.30. The van der Waals surface area contributed by atoms with Crippen molar-refractivity contribution in [2.24, 2.45) is 0 Å². The van der Waals surface area contributed by atoms with Crippen LogP contribution in [0.5, 0.6) is 0 Å². The van der Waals surface area contributed by atoms with Crippen LogP contribution in [0, 0.1) is 6.92 Å². The summed E-state index contributed by atoms with van der Waals surface area (Å²) in [6.45, 7) is 3.75. The molecule has 1 aromatic rings. The Kier molecular flexibility index (Phi) is 3.84. The summed E-state index contributed by atoms with van der Waals surface area (Å²) in [5, 5.41) is 0. The van der Waals surface area contributed by atoms with Crippen LogP contribution in [0.1, 0.15) is 24.8 Å². The molecular formula is C13H21N3O. The van der Waals surface area contributed by atoms with Crippen LogP contribution in [0.4, 0.5) is 11.5 Å². The van der Waals surface area contributed by atoms with Crippen molar-refractivity contribution in [3.8, 4) is 0 Å². The molecule has 0 bridgehead atoms. The maximum Gasteiger partial charge on any atom is 0.151 e. The van der Waals surface area contributed by atoms with Gasteiger partial charge in [-0.2, -0.15) is 0 Å². The Labute approximate surface area is 103 Å². The van der Waals surface area contributed by atoms with Crippen LogP contribution in [0.15, 0.2) is 12.3 Å². The number of likely N-dealkylation sites (N-methyl/N-ethyl adjacent to an activating group) is 1. The van der Waals surface area contributed by atoms with Crippen molar-refractivity contribution in [1.82, 2.24) is 4.98 Å². The topological polar surface area (TPSA) is 51.4 Å². The number of nitrogen functional groups attached to an aromatic ring is 1. The van der Waals surface area contributed by atoms with Crippen molar-refractivity contribution in [3.05, 3.63) is 17.8 Å². The number of pyridine rings is 1. The highest BCUT2D eigenvalue weighted by Gasteiger charge is 2.18. The number of hydrogen-bond acceptors (Lipinski definition) is 4. The fourth-order valence-corrected chi connectivity index (χ4v) is 2.20. The first-order valence-corrected chi connectivity index (χ1v) is 6.22. The van der Waals surface area contributed by atoms with Crippen LogP contribution in [0.3, 0.4) is 0 Å². The quantitative estimate of drug-likeness (QED) is 0.870. The molecule has 2 rings (SSSR count). The van der Waals surface area contributed by atoms with E-state index in [1.807, 2.05) is 20.0 Å². The lowest BCUT2D eigenvalue weighted by Gasteiger charge is -2.28. The van der Waals surface area contributed by atoms with E-state index in [2.05, 4.69) is 9.88 Å². The molecule has 1 atom stereocenters. The van der Waals surface area contributed by atoms with Gasteiger partial charge in [0.2, 0.25) is 0 Å². The molecule has 0 saturated carbocycles. The summed E-state index contributed by atoms with van der Waals surface area (Å²) < 4.78 is 5.73. The number of ether oxygens (including phenoxy) is 1. The Balaban J connectivity index is 2.03. The smallest absolute Gasteiger partial charge is 0.151 e. The molecule has 0 aliphatic carbocycles. The van der Waals surface area contributed by atoms with Gasteiger partial charge < -0.3 is 15.4 Å². The van der Waals surface area contributed by atoms with Crippen LogP contribution in [-0.4, -0.2) is 31.3 Å². The number of anilines is 2. The first-order valence-electron chi connectivity index (χ1n) is 6.22. The first kappa shape index (κ1) is 12.2. The Hall–Kier alpha value is -1.29. The Morgan fingerprint density at radius 2 is 2.35 bits per heavy atom. The van der Waals surface area contributed by atoms with Crippen LogP contribution in [-0.2, 0) is 4.74 Å². The predicted molar refractivity (Wildman–Crippen MR) is 70.2 cm³/mol. The zero-order valence-corrected chi connectivity index (χ0v) is 10.6. The van der Waals surface area contributed by atoms with Gasteiger partial charge in [-0.1, -0.05) is 0 Å². The summed E-state index contributed by atoms with van der Waals surface area (Å²) in [5.74, 6) is 0.860. The number of aryl methyl sites for hydroxylation is 1. The summed E-state index contributed by atoms with van der Waals surface area (Å²) in [6.07, 6.45) is 5.70. The Morgan fingerprint density at radius 3 is 3.06 bits per heavy atom. The summed E-state index contributed by atoms with van der Waals surface area (Å²) in [7, 11) is 2.02. The van der Waals surface area contributed by atoms with Gasteiger partial charge in [-0.3, -0.25) is 0 Å². The van der Waals surface area contributed by atoms with Gasteiger partial charge in [0.15, 0.2) is 5.82 Å². The van der Waals surface area contributed by atoms with E-state index >= 15 is 0 Å². The lowest BCUT2D eigenvalue weighted by molar-refractivity contribution is 0.0215. The zero-order chi connectivity index (χ0) is 12.3. The van der Waals surface area contributed by atoms with E-state index < -0.39 is 0 Å². The monoisotopic (exact) mass is 235 g/mol. The fraction of sp³-hybridized carbons (Fsp3) is 0.615. The van der Waals surface area contributed by atoms with Gasteiger partial charge >= 0.3 is 0 Å². The largest absolute Gasteiger partial charge is 0.396 e. The van der Waals surface area contributed by atoms with E-state index in [1.54, 1.807) is 6.20 Å². The number of nitrogens with two attached hydrogens (primary N) is 1. The Morgan fingerprint density at radius 1 is 1.53 bits per heavy atom. The minimum Gasteiger partial charge on any atom is -0.396 e. The number of hydrogen-bond donors (Lipinski definition) is 1. The molecular weight excluding hydrogens is 214 g/mol. The predicted octanol–water partition coefficient (Wildman–Crippen LogP) is 1.98. The SMILES string of the molecule is Cc1ccnc(N(C)CC2CCCCO2)c1N. The van der Waals surface area contributed by atoms with Gasteiger partial charge in [-0.05, 0) is 37.8 Å². The van der Waals surface area contributed by atoms with E-state index in [0.29, 0.717) is 6.10 Å². The van der Waals surface area contributed by atoms with E-state index in [4.69, 9.17) is 10.5 Å². The fourth-order valence-electron chi connectivity index (χ4n) is 2.20. The average molecular weight is 235 g/mol. The molecule has 1 aromatic heterocycles. The van der Waals surface area contributed by atoms with Gasteiger partial charge in [0, 0.05) is 26.4 Å². The maximum atomic E-state index is 6.04. The molecule has 2 N–H and O–H groups in total. The highest BCUT2D eigenvalue weighted by atomic mass is 16.5. The van der Waals surface area contributed by atoms with Gasteiger partial charge in [-0.15, -0.1) is 0 Å². The second kappa shape index (κ2) is 5.36.